The molecule has 6 bridgehead atoms. The largest absolute Gasteiger partial charge is 0.465 e. The second-order valence-corrected chi connectivity index (χ2v) is 21.0. The highest BCUT2D eigenvalue weighted by molar-refractivity contribution is 6.04. The van der Waals surface area contributed by atoms with Gasteiger partial charge in [0.05, 0.1) is 60.7 Å². The summed E-state index contributed by atoms with van der Waals surface area (Å²) in [7, 11) is 0. The van der Waals surface area contributed by atoms with Crippen LogP contribution in [0.1, 0.15) is 106 Å². The number of imide groups is 1. The monoisotopic (exact) mass is 839 g/mol. The molecule has 0 spiro atoms. The maximum absolute atomic E-state index is 14.6. The van der Waals surface area contributed by atoms with E-state index in [4.69, 9.17) is 18.9 Å². The Morgan fingerprint density at radius 3 is 1.92 bits per heavy atom. The lowest BCUT2D eigenvalue weighted by molar-refractivity contribution is -0.174. The molecule has 0 radical (unpaired) electrons. The van der Waals surface area contributed by atoms with Crippen LogP contribution in [0.4, 0.5) is 0 Å². The molecule has 8 rings (SSSR count). The van der Waals surface area contributed by atoms with Crippen LogP contribution in [0, 0.1) is 112 Å². The number of rotatable bonds is 14. The summed E-state index contributed by atoms with van der Waals surface area (Å²) < 4.78 is 23.2. The third-order valence-electron chi connectivity index (χ3n) is 17.0. The van der Waals surface area contributed by atoms with Gasteiger partial charge in [-0.15, -0.1) is 0 Å². The molecule has 0 aromatic carbocycles. The van der Waals surface area contributed by atoms with Crippen molar-refractivity contribution < 1.29 is 62.8 Å². The van der Waals surface area contributed by atoms with Gasteiger partial charge in [-0.3, -0.25) is 38.8 Å². The summed E-state index contributed by atoms with van der Waals surface area (Å²) in [4.78, 5) is 97.7. The lowest BCUT2D eigenvalue weighted by atomic mass is 9.54. The number of nitrogens with zero attached hydrogens (tertiary/aromatic N) is 1. The lowest BCUT2D eigenvalue weighted by Crippen LogP contribution is -2.51. The topological polar surface area (TPSA) is 200 Å². The molecule has 2 aliphatic heterocycles. The fourth-order valence-electron chi connectivity index (χ4n) is 15.1. The Morgan fingerprint density at radius 2 is 1.30 bits per heavy atom. The Kier molecular flexibility index (Phi) is 11.6. The first-order valence-corrected chi connectivity index (χ1v) is 23.0. The van der Waals surface area contributed by atoms with Gasteiger partial charge in [-0.25, -0.2) is 0 Å². The summed E-state index contributed by atoms with van der Waals surface area (Å²) in [6.45, 7) is 13.5. The SMILES string of the molecule is CCCCOC(=O)C(C)C(C(=O)OCCCC)C1C2CC(CC2O)C1C1C(=O)OC(=O)C1C1C2CC(CC2C(=O)OC(C)(C)C)C1C1C(C)C2CC1C1C(=O)N(O)C(=O)C21. The number of carbonyl (C=O) groups is 7. The van der Waals surface area contributed by atoms with Crippen molar-refractivity contribution >= 4 is 41.7 Å². The van der Waals surface area contributed by atoms with Crippen molar-refractivity contribution in [3.8, 4) is 0 Å². The van der Waals surface area contributed by atoms with Crippen molar-refractivity contribution in [2.24, 2.45) is 112 Å². The molecule has 332 valence electrons. The van der Waals surface area contributed by atoms with E-state index in [1.165, 1.54) is 0 Å². The van der Waals surface area contributed by atoms with Gasteiger partial charge < -0.3 is 24.1 Å². The number of fused-ring (bicyclic) bond motifs is 9. The molecule has 6 saturated carbocycles. The predicted octanol–water partition coefficient (Wildman–Crippen LogP) is 5.00. The molecule has 2 saturated heterocycles. The van der Waals surface area contributed by atoms with E-state index in [-0.39, 0.29) is 71.6 Å². The minimum atomic E-state index is -1.06. The van der Waals surface area contributed by atoms with Gasteiger partial charge in [-0.1, -0.05) is 40.5 Å². The van der Waals surface area contributed by atoms with E-state index in [1.54, 1.807) is 6.92 Å². The Bertz CT molecular complexity index is 1770. The van der Waals surface area contributed by atoms with E-state index in [2.05, 4.69) is 6.92 Å². The van der Waals surface area contributed by atoms with Crippen LogP contribution in [0.5, 0.6) is 0 Å². The normalized spacial score (nSPS) is 43.5. The van der Waals surface area contributed by atoms with Crippen molar-refractivity contribution in [3.63, 3.8) is 0 Å². The second-order valence-electron chi connectivity index (χ2n) is 21.0. The Labute approximate surface area is 352 Å². The average Bonchev–Trinajstić information content (AvgIpc) is 4.06. The van der Waals surface area contributed by atoms with Crippen LogP contribution in [0.3, 0.4) is 0 Å². The van der Waals surface area contributed by atoms with E-state index in [9.17, 15) is 43.9 Å². The molecule has 60 heavy (non-hydrogen) atoms. The zero-order valence-electron chi connectivity index (χ0n) is 36.2. The van der Waals surface area contributed by atoms with E-state index >= 15 is 0 Å². The number of aliphatic hydroxyl groups excluding tert-OH is 1. The first-order chi connectivity index (χ1) is 28.4. The summed E-state index contributed by atoms with van der Waals surface area (Å²) in [5.41, 5.74) is -0.759. The molecule has 8 aliphatic rings. The Morgan fingerprint density at radius 1 is 0.733 bits per heavy atom. The molecule has 6 aliphatic carbocycles. The Hall–Kier alpha value is -3.39. The number of esters is 5. The number of ether oxygens (including phenoxy) is 4. The zero-order valence-corrected chi connectivity index (χ0v) is 36.2. The molecule has 14 nitrogen and oxygen atoms in total. The number of hydroxylamine groups is 2. The van der Waals surface area contributed by atoms with Crippen LogP contribution in [-0.4, -0.2) is 82.0 Å². The molecular formula is C46H65NO13. The van der Waals surface area contributed by atoms with E-state index < -0.39 is 112 Å². The number of hydrogen-bond acceptors (Lipinski definition) is 13. The van der Waals surface area contributed by atoms with Crippen LogP contribution in [0.25, 0.3) is 0 Å². The fraction of sp³-hybridized carbons (Fsp3) is 0.848. The van der Waals surface area contributed by atoms with Crippen LogP contribution >= 0.6 is 0 Å². The molecule has 14 heteroatoms. The lowest BCUT2D eigenvalue weighted by Gasteiger charge is -2.48. The average molecular weight is 840 g/mol. The number of hydrogen-bond donors (Lipinski definition) is 2. The number of carbonyl (C=O) groups excluding carboxylic acids is 7. The van der Waals surface area contributed by atoms with Gasteiger partial charge >= 0.3 is 29.8 Å². The fourth-order valence-corrected chi connectivity index (χ4v) is 15.1. The summed E-state index contributed by atoms with van der Waals surface area (Å²) in [5.74, 6) is -13.5. The maximum Gasteiger partial charge on any atom is 0.317 e. The van der Waals surface area contributed by atoms with Crippen LogP contribution < -0.4 is 0 Å². The van der Waals surface area contributed by atoms with Crippen LogP contribution in [-0.2, 0) is 52.5 Å². The highest BCUT2D eigenvalue weighted by Crippen LogP contribution is 2.71. The second kappa shape index (κ2) is 16.1. The Balaban J connectivity index is 1.19. The third kappa shape index (κ3) is 6.83. The van der Waals surface area contributed by atoms with Gasteiger partial charge in [-0.05, 0) is 137 Å². The van der Waals surface area contributed by atoms with Crippen molar-refractivity contribution in [3.05, 3.63) is 0 Å². The molecule has 20 unspecified atom stereocenters. The van der Waals surface area contributed by atoms with Gasteiger partial charge in [0.25, 0.3) is 11.8 Å². The van der Waals surface area contributed by atoms with Gasteiger partial charge in [0, 0.05) is 0 Å². The minimum Gasteiger partial charge on any atom is -0.465 e. The van der Waals surface area contributed by atoms with E-state index in [0.29, 0.717) is 44.9 Å². The van der Waals surface area contributed by atoms with Gasteiger partial charge in [-0.2, -0.15) is 5.06 Å². The van der Waals surface area contributed by atoms with Crippen molar-refractivity contribution in [1.82, 2.24) is 5.06 Å². The number of aliphatic hydroxyl groups is 1. The molecule has 8 fully saturated rings. The molecule has 2 amide bonds. The third-order valence-corrected chi connectivity index (χ3v) is 17.0. The first kappa shape index (κ1) is 43.3. The molecule has 2 N–H and O–H groups in total. The smallest absolute Gasteiger partial charge is 0.317 e. The van der Waals surface area contributed by atoms with Gasteiger partial charge in [0.15, 0.2) is 0 Å². The molecule has 2 heterocycles. The number of unbranched alkanes of at least 4 members (excludes halogenated alkanes) is 2. The zero-order chi connectivity index (χ0) is 43.3. The number of cyclic esters (lactones) is 2. The molecule has 0 aromatic rings. The number of amides is 2. The van der Waals surface area contributed by atoms with Gasteiger partial charge in [0.2, 0.25) is 0 Å². The predicted molar refractivity (Wildman–Crippen MR) is 209 cm³/mol. The van der Waals surface area contributed by atoms with Crippen molar-refractivity contribution in [2.75, 3.05) is 13.2 Å². The summed E-state index contributed by atoms with van der Waals surface area (Å²) >= 11 is 0. The molecular weight excluding hydrogens is 774 g/mol. The summed E-state index contributed by atoms with van der Waals surface area (Å²) in [5, 5.41) is 22.3. The van der Waals surface area contributed by atoms with Crippen molar-refractivity contribution in [2.45, 2.75) is 118 Å². The van der Waals surface area contributed by atoms with E-state index in [0.717, 1.165) is 12.8 Å². The highest BCUT2D eigenvalue weighted by Gasteiger charge is 2.73. The first-order valence-electron chi connectivity index (χ1n) is 23.0. The van der Waals surface area contributed by atoms with Crippen LogP contribution in [0.15, 0.2) is 0 Å². The standard InChI is InChI=1S/C46H65NO13/c1-8-10-12-57-41(51)20(4)30(43(53)58-13-11-9-2)34-26-16-22(17-28(26)48)32(34)37-38(45(55)59-44(37)54)33-24-14-21(15-25(24)42(52)60-46(5,6)7)31(33)29-19(3)23-18-27(29)36-35(23)39(49)47(56)40(36)50/h19-38,48,56H,8-18H2,1-7H3. The molecule has 20 atom stereocenters. The summed E-state index contributed by atoms with van der Waals surface area (Å²) in [6.07, 6.45) is 4.71. The quantitative estimate of drug-likeness (QED) is 0.0592. The van der Waals surface area contributed by atoms with Gasteiger partial charge in [0.1, 0.15) is 5.60 Å². The molecule has 0 aromatic heterocycles. The highest BCUT2D eigenvalue weighted by atomic mass is 16.6. The maximum atomic E-state index is 14.6. The van der Waals surface area contributed by atoms with Crippen molar-refractivity contribution in [1.29, 1.82) is 0 Å². The summed E-state index contributed by atoms with van der Waals surface area (Å²) in [6, 6.07) is 0. The van der Waals surface area contributed by atoms with E-state index in [1.807, 2.05) is 34.6 Å². The minimum absolute atomic E-state index is 0.0369. The van der Waals surface area contributed by atoms with Crippen LogP contribution in [0.2, 0.25) is 0 Å².